The summed E-state index contributed by atoms with van der Waals surface area (Å²) in [6.45, 7) is 2.07. The Hall–Kier alpha value is -2.04. The van der Waals surface area contributed by atoms with Gasteiger partial charge in [0.15, 0.2) is 0 Å². The van der Waals surface area contributed by atoms with E-state index >= 15 is 0 Å². The van der Waals surface area contributed by atoms with Crippen molar-refractivity contribution in [1.82, 2.24) is 5.32 Å². The predicted molar refractivity (Wildman–Crippen MR) is 82.4 cm³/mol. The highest BCUT2D eigenvalue weighted by Crippen LogP contribution is 2.38. The third-order valence-electron chi connectivity index (χ3n) is 4.41. The molecule has 0 aliphatic heterocycles. The molecule has 0 spiro atoms. The summed E-state index contributed by atoms with van der Waals surface area (Å²) in [4.78, 5) is 23.5. The summed E-state index contributed by atoms with van der Waals surface area (Å²) in [7, 11) is 0. The van der Waals surface area contributed by atoms with E-state index in [1.165, 1.54) is 0 Å². The van der Waals surface area contributed by atoms with E-state index in [0.29, 0.717) is 0 Å². The highest BCUT2D eigenvalue weighted by atomic mass is 16.5. The van der Waals surface area contributed by atoms with Crippen LogP contribution in [0.1, 0.15) is 44.6 Å². The molecule has 1 saturated carbocycles. The second-order valence-electron chi connectivity index (χ2n) is 6.19. The summed E-state index contributed by atoms with van der Waals surface area (Å²) >= 11 is 0. The van der Waals surface area contributed by atoms with Crippen molar-refractivity contribution in [2.75, 3.05) is 0 Å². The van der Waals surface area contributed by atoms with Gasteiger partial charge in [0, 0.05) is 0 Å². The van der Waals surface area contributed by atoms with Crippen LogP contribution in [0.2, 0.25) is 0 Å². The highest BCUT2D eigenvalue weighted by Gasteiger charge is 2.41. The molecule has 1 unspecified atom stereocenters. The molecule has 2 N–H and O–H groups in total. The van der Waals surface area contributed by atoms with Crippen molar-refractivity contribution in [3.05, 3.63) is 35.9 Å². The summed E-state index contributed by atoms with van der Waals surface area (Å²) in [5.74, 6) is -0.999. The molecule has 0 aromatic heterocycles. The molecule has 120 valence electrons. The number of ether oxygens (including phenoxy) is 1. The first-order chi connectivity index (χ1) is 10.5. The SMILES string of the molecule is CC1(C(NC(=O)OCc2ccccc2)C(=O)O)CCCCC1. The van der Waals surface area contributed by atoms with Crippen LogP contribution in [0.4, 0.5) is 4.79 Å². The van der Waals surface area contributed by atoms with Crippen LogP contribution in [-0.2, 0) is 16.1 Å². The Morgan fingerprint density at radius 2 is 1.86 bits per heavy atom. The minimum Gasteiger partial charge on any atom is -0.480 e. The lowest BCUT2D eigenvalue weighted by atomic mass is 9.70. The van der Waals surface area contributed by atoms with Crippen molar-refractivity contribution >= 4 is 12.1 Å². The number of hydrogen-bond donors (Lipinski definition) is 2. The molecule has 0 radical (unpaired) electrons. The lowest BCUT2D eigenvalue weighted by Gasteiger charge is -2.38. The fourth-order valence-electron chi connectivity index (χ4n) is 3.06. The molecule has 1 amide bonds. The van der Waals surface area contributed by atoms with Gasteiger partial charge in [0.05, 0.1) is 0 Å². The number of rotatable bonds is 5. The number of carbonyl (C=O) groups excluding carboxylic acids is 1. The largest absolute Gasteiger partial charge is 0.480 e. The Bertz CT molecular complexity index is 509. The van der Waals surface area contributed by atoms with E-state index in [2.05, 4.69) is 5.32 Å². The van der Waals surface area contributed by atoms with Crippen molar-refractivity contribution in [2.24, 2.45) is 5.41 Å². The van der Waals surface area contributed by atoms with Crippen molar-refractivity contribution in [1.29, 1.82) is 0 Å². The third-order valence-corrected chi connectivity index (χ3v) is 4.41. The third kappa shape index (κ3) is 4.23. The average Bonchev–Trinajstić information content (AvgIpc) is 2.52. The molecule has 1 fully saturated rings. The van der Waals surface area contributed by atoms with Crippen molar-refractivity contribution < 1.29 is 19.4 Å². The van der Waals surface area contributed by atoms with E-state index in [1.807, 2.05) is 37.3 Å². The van der Waals surface area contributed by atoms with Crippen LogP contribution < -0.4 is 5.32 Å². The van der Waals surface area contributed by atoms with Gasteiger partial charge in [-0.2, -0.15) is 0 Å². The molecule has 2 rings (SSSR count). The monoisotopic (exact) mass is 305 g/mol. The molecule has 1 aliphatic rings. The fourth-order valence-corrected chi connectivity index (χ4v) is 3.06. The maximum absolute atomic E-state index is 11.9. The van der Waals surface area contributed by atoms with Gasteiger partial charge in [-0.05, 0) is 23.8 Å². The summed E-state index contributed by atoms with van der Waals surface area (Å²) in [5.41, 5.74) is 0.462. The number of benzene rings is 1. The lowest BCUT2D eigenvalue weighted by Crippen LogP contribution is -2.52. The molecule has 5 nitrogen and oxygen atoms in total. The first kappa shape index (κ1) is 16.3. The first-order valence-electron chi connectivity index (χ1n) is 7.71. The van der Waals surface area contributed by atoms with Gasteiger partial charge in [-0.1, -0.05) is 56.5 Å². The molecule has 1 atom stereocenters. The molecule has 5 heteroatoms. The standard InChI is InChI=1S/C17H23NO4/c1-17(10-6-3-7-11-17)14(15(19)20)18-16(21)22-12-13-8-4-2-5-9-13/h2,4-5,8-9,14H,3,6-7,10-12H2,1H3,(H,18,21)(H,19,20). The predicted octanol–water partition coefficient (Wildman–Crippen LogP) is 3.34. The highest BCUT2D eigenvalue weighted by molar-refractivity contribution is 5.80. The van der Waals surface area contributed by atoms with Crippen molar-refractivity contribution in [3.63, 3.8) is 0 Å². The van der Waals surface area contributed by atoms with E-state index in [9.17, 15) is 14.7 Å². The van der Waals surface area contributed by atoms with Gasteiger partial charge in [0.25, 0.3) is 0 Å². The van der Waals surface area contributed by atoms with Gasteiger partial charge < -0.3 is 15.2 Å². The quantitative estimate of drug-likeness (QED) is 0.875. The number of carboxylic acid groups (broad SMARTS) is 1. The summed E-state index contributed by atoms with van der Waals surface area (Å²) < 4.78 is 5.13. The molecule has 0 heterocycles. The van der Waals surface area contributed by atoms with Crippen LogP contribution in [0, 0.1) is 5.41 Å². The van der Waals surface area contributed by atoms with Crippen molar-refractivity contribution in [2.45, 2.75) is 51.7 Å². The zero-order chi connectivity index (χ0) is 16.0. The number of aliphatic carboxylic acids is 1. The van der Waals surface area contributed by atoms with Crippen LogP contribution in [0.3, 0.4) is 0 Å². The second-order valence-corrected chi connectivity index (χ2v) is 6.19. The van der Waals surface area contributed by atoms with Gasteiger partial charge in [0.2, 0.25) is 0 Å². The maximum atomic E-state index is 11.9. The molecule has 0 bridgehead atoms. The second kappa shape index (κ2) is 7.29. The Balaban J connectivity index is 1.93. The normalized spacial score (nSPS) is 18.2. The van der Waals surface area contributed by atoms with Crippen LogP contribution in [-0.4, -0.2) is 23.2 Å². The number of alkyl carbamates (subject to hydrolysis) is 1. The minimum atomic E-state index is -0.999. The van der Waals surface area contributed by atoms with E-state index in [0.717, 1.165) is 37.7 Å². The average molecular weight is 305 g/mol. The van der Waals surface area contributed by atoms with Gasteiger partial charge in [-0.3, -0.25) is 0 Å². The van der Waals surface area contributed by atoms with E-state index < -0.39 is 23.5 Å². The van der Waals surface area contributed by atoms with Crippen molar-refractivity contribution in [3.8, 4) is 0 Å². The van der Waals surface area contributed by atoms with Gasteiger partial charge >= 0.3 is 12.1 Å². The number of amides is 1. The summed E-state index contributed by atoms with van der Waals surface area (Å²) in [5, 5.41) is 12.0. The Kier molecular flexibility index (Phi) is 5.41. The summed E-state index contributed by atoms with van der Waals surface area (Å²) in [6.07, 6.45) is 4.07. The van der Waals surface area contributed by atoms with Crippen LogP contribution in [0.5, 0.6) is 0 Å². The molecular weight excluding hydrogens is 282 g/mol. The summed E-state index contributed by atoms with van der Waals surface area (Å²) in [6, 6.07) is 8.40. The number of carboxylic acids is 1. The van der Waals surface area contributed by atoms with E-state index in [-0.39, 0.29) is 6.61 Å². The molecule has 1 aromatic carbocycles. The molecule has 22 heavy (non-hydrogen) atoms. The van der Waals surface area contributed by atoms with Gasteiger partial charge in [0.1, 0.15) is 12.6 Å². The number of hydrogen-bond acceptors (Lipinski definition) is 3. The Labute approximate surface area is 130 Å². The van der Waals surface area contributed by atoms with Crippen LogP contribution >= 0.6 is 0 Å². The zero-order valence-corrected chi connectivity index (χ0v) is 12.9. The molecule has 0 saturated heterocycles. The number of nitrogens with one attached hydrogen (secondary N) is 1. The Morgan fingerprint density at radius 1 is 1.23 bits per heavy atom. The fraction of sp³-hybridized carbons (Fsp3) is 0.529. The van der Waals surface area contributed by atoms with Gasteiger partial charge in [-0.15, -0.1) is 0 Å². The maximum Gasteiger partial charge on any atom is 0.408 e. The zero-order valence-electron chi connectivity index (χ0n) is 12.9. The number of carbonyl (C=O) groups is 2. The minimum absolute atomic E-state index is 0.135. The van der Waals surface area contributed by atoms with Crippen LogP contribution in [0.15, 0.2) is 30.3 Å². The Morgan fingerprint density at radius 3 is 2.45 bits per heavy atom. The lowest BCUT2D eigenvalue weighted by molar-refractivity contribution is -0.143. The first-order valence-corrected chi connectivity index (χ1v) is 7.71. The topological polar surface area (TPSA) is 75.6 Å². The van der Waals surface area contributed by atoms with E-state index in [4.69, 9.17) is 4.74 Å². The van der Waals surface area contributed by atoms with Gasteiger partial charge in [-0.25, -0.2) is 9.59 Å². The van der Waals surface area contributed by atoms with Crippen LogP contribution in [0.25, 0.3) is 0 Å². The molecular formula is C17H23NO4. The van der Waals surface area contributed by atoms with E-state index in [1.54, 1.807) is 0 Å². The smallest absolute Gasteiger partial charge is 0.408 e. The molecule has 1 aliphatic carbocycles. The molecule has 1 aromatic rings.